The minimum Gasteiger partial charge on any atom is -0.377 e. The van der Waals surface area contributed by atoms with E-state index in [4.69, 9.17) is 4.74 Å². The molecule has 4 nitrogen and oxygen atoms in total. The van der Waals surface area contributed by atoms with E-state index < -0.39 is 0 Å². The molecule has 0 fully saturated rings. The first-order chi connectivity index (χ1) is 9.48. The van der Waals surface area contributed by atoms with Crippen LogP contribution in [0.5, 0.6) is 0 Å². The third kappa shape index (κ3) is 8.01. The number of likely N-dealkylation sites (N-methyl/N-ethyl adjacent to an activating group) is 1. The summed E-state index contributed by atoms with van der Waals surface area (Å²) in [6.07, 6.45) is 1.05. The molecule has 0 bridgehead atoms. The van der Waals surface area contributed by atoms with E-state index in [9.17, 15) is 0 Å². The smallest absolute Gasteiger partial charge is 0.193 e. The summed E-state index contributed by atoms with van der Waals surface area (Å²) in [5, 5.41) is 5.45. The van der Waals surface area contributed by atoms with Gasteiger partial charge in [0.1, 0.15) is 0 Å². The summed E-state index contributed by atoms with van der Waals surface area (Å²) in [6, 6.07) is 4.27. The van der Waals surface area contributed by atoms with Crippen LogP contribution in [-0.2, 0) is 11.2 Å². The van der Waals surface area contributed by atoms with E-state index in [2.05, 4.69) is 46.7 Å². The number of methoxy groups -OCH3 is 1. The van der Waals surface area contributed by atoms with Crippen LogP contribution in [0.2, 0.25) is 0 Å². The lowest BCUT2D eigenvalue weighted by molar-refractivity contribution is 0.0309. The summed E-state index contributed by atoms with van der Waals surface area (Å²) in [4.78, 5) is 8.25. The molecule has 0 saturated carbocycles. The maximum absolute atomic E-state index is 5.41. The lowest BCUT2D eigenvalue weighted by atomic mass is 10.1. The number of rotatable bonds is 7. The van der Waals surface area contributed by atoms with Crippen molar-refractivity contribution in [1.82, 2.24) is 10.2 Å². The lowest BCUT2D eigenvalue weighted by Crippen LogP contribution is -2.41. The summed E-state index contributed by atoms with van der Waals surface area (Å²) in [5.74, 6) is 0.939. The van der Waals surface area contributed by atoms with Gasteiger partial charge in [0, 0.05) is 32.1 Å². The van der Waals surface area contributed by atoms with Crippen LogP contribution < -0.4 is 5.32 Å². The third-order valence-corrected chi connectivity index (χ3v) is 4.07. The van der Waals surface area contributed by atoms with Crippen LogP contribution in [0.4, 0.5) is 0 Å². The minimum atomic E-state index is -0.227. The van der Waals surface area contributed by atoms with Crippen LogP contribution in [0, 0.1) is 0 Å². The molecule has 0 atom stereocenters. The van der Waals surface area contributed by atoms with Crippen molar-refractivity contribution >= 4 is 41.3 Å². The monoisotopic (exact) mass is 425 g/mol. The normalized spacial score (nSPS) is 12.0. The Hall–Kier alpha value is -0.340. The number of hydrogen-bond donors (Lipinski definition) is 1. The number of halogens is 1. The van der Waals surface area contributed by atoms with Gasteiger partial charge in [0.15, 0.2) is 5.96 Å². The highest BCUT2D eigenvalue weighted by atomic mass is 127. The van der Waals surface area contributed by atoms with Crippen molar-refractivity contribution in [3.63, 3.8) is 0 Å². The lowest BCUT2D eigenvalue weighted by Gasteiger charge is -2.25. The zero-order valence-corrected chi connectivity index (χ0v) is 16.8. The number of hydrogen-bond acceptors (Lipinski definition) is 3. The largest absolute Gasteiger partial charge is 0.377 e. The highest BCUT2D eigenvalue weighted by Crippen LogP contribution is 2.10. The molecule has 0 aliphatic rings. The van der Waals surface area contributed by atoms with Gasteiger partial charge in [0.25, 0.3) is 0 Å². The number of guanidine groups is 1. The molecule has 1 aromatic rings. The molecule has 0 aliphatic heterocycles. The van der Waals surface area contributed by atoms with Crippen LogP contribution in [0.1, 0.15) is 25.6 Å². The number of thiophene rings is 1. The topological polar surface area (TPSA) is 36.9 Å². The van der Waals surface area contributed by atoms with E-state index in [-0.39, 0.29) is 29.6 Å². The molecule has 0 aromatic carbocycles. The van der Waals surface area contributed by atoms with Gasteiger partial charge in [-0.2, -0.15) is 0 Å². The SMILES string of the molecule is CCNC(=NCC(C)(C)OC)N(C)CCc1cccs1.I. The molecule has 21 heavy (non-hydrogen) atoms. The molecule has 0 saturated heterocycles. The first kappa shape index (κ1) is 20.7. The average Bonchev–Trinajstić information content (AvgIpc) is 2.94. The van der Waals surface area contributed by atoms with Crippen molar-refractivity contribution in [3.8, 4) is 0 Å². The second kappa shape index (κ2) is 10.4. The van der Waals surface area contributed by atoms with Crippen LogP contribution in [0.3, 0.4) is 0 Å². The molecule has 1 heterocycles. The fourth-order valence-corrected chi connectivity index (χ4v) is 2.34. The zero-order chi connectivity index (χ0) is 15.0. The van der Waals surface area contributed by atoms with Gasteiger partial charge in [0.05, 0.1) is 12.1 Å². The summed E-state index contributed by atoms with van der Waals surface area (Å²) in [7, 11) is 3.80. The van der Waals surface area contributed by atoms with Crippen molar-refractivity contribution in [2.24, 2.45) is 4.99 Å². The van der Waals surface area contributed by atoms with Crippen molar-refractivity contribution in [1.29, 1.82) is 0 Å². The Bertz CT molecular complexity index is 407. The van der Waals surface area contributed by atoms with E-state index in [1.807, 2.05) is 13.8 Å². The standard InChI is InChI=1S/C15H27N3OS.HI/c1-6-16-14(17-12-15(2,3)19-5)18(4)10-9-13-8-7-11-20-13;/h7-8,11H,6,9-10,12H2,1-5H3,(H,16,17);1H. The van der Waals surface area contributed by atoms with E-state index >= 15 is 0 Å². The predicted molar refractivity (Wildman–Crippen MR) is 103 cm³/mol. The predicted octanol–water partition coefficient (Wildman–Crippen LogP) is 3.23. The van der Waals surface area contributed by atoms with E-state index in [0.717, 1.165) is 25.5 Å². The van der Waals surface area contributed by atoms with Crippen LogP contribution >= 0.6 is 35.3 Å². The molecule has 1 aromatic heterocycles. The molecule has 1 N–H and O–H groups in total. The van der Waals surface area contributed by atoms with Crippen molar-refractivity contribution in [3.05, 3.63) is 22.4 Å². The van der Waals surface area contributed by atoms with E-state index in [0.29, 0.717) is 6.54 Å². The summed E-state index contributed by atoms with van der Waals surface area (Å²) in [5.41, 5.74) is -0.227. The van der Waals surface area contributed by atoms with Crippen molar-refractivity contribution < 1.29 is 4.74 Å². The average molecular weight is 425 g/mol. The van der Waals surface area contributed by atoms with Gasteiger partial charge in [-0.25, -0.2) is 0 Å². The van der Waals surface area contributed by atoms with Gasteiger partial charge in [-0.05, 0) is 38.6 Å². The third-order valence-electron chi connectivity index (χ3n) is 3.13. The van der Waals surface area contributed by atoms with Crippen LogP contribution in [0.25, 0.3) is 0 Å². The van der Waals surface area contributed by atoms with Gasteiger partial charge in [-0.1, -0.05) is 6.07 Å². The Morgan fingerprint density at radius 3 is 2.71 bits per heavy atom. The summed E-state index contributed by atoms with van der Waals surface area (Å²) in [6.45, 7) is 8.66. The van der Waals surface area contributed by atoms with Crippen molar-refractivity contribution in [2.75, 3.05) is 33.8 Å². The fourth-order valence-electron chi connectivity index (χ4n) is 1.64. The summed E-state index contributed by atoms with van der Waals surface area (Å²) < 4.78 is 5.41. The van der Waals surface area contributed by atoms with Gasteiger partial charge >= 0.3 is 0 Å². The number of nitrogens with one attached hydrogen (secondary N) is 1. The van der Waals surface area contributed by atoms with Gasteiger partial charge in [-0.15, -0.1) is 35.3 Å². The van der Waals surface area contributed by atoms with Crippen molar-refractivity contribution in [2.45, 2.75) is 32.8 Å². The maximum Gasteiger partial charge on any atom is 0.193 e. The first-order valence-corrected chi connectivity index (χ1v) is 7.93. The van der Waals surface area contributed by atoms with E-state index in [1.54, 1.807) is 18.4 Å². The Balaban J connectivity index is 0.00000400. The molecule has 6 heteroatoms. The molecule has 122 valence electrons. The minimum absolute atomic E-state index is 0. The molecule has 0 aliphatic carbocycles. The highest BCUT2D eigenvalue weighted by Gasteiger charge is 2.16. The van der Waals surface area contributed by atoms with Crippen LogP contribution in [0.15, 0.2) is 22.5 Å². The molecule has 0 radical (unpaired) electrons. The second-order valence-electron chi connectivity index (χ2n) is 5.38. The molecule has 0 unspecified atom stereocenters. The quantitative estimate of drug-likeness (QED) is 0.414. The first-order valence-electron chi connectivity index (χ1n) is 7.05. The number of ether oxygens (including phenoxy) is 1. The number of nitrogens with zero attached hydrogens (tertiary/aromatic N) is 2. The maximum atomic E-state index is 5.41. The molecule has 1 rings (SSSR count). The molecule has 0 spiro atoms. The van der Waals surface area contributed by atoms with Gasteiger partial charge < -0.3 is 15.0 Å². The molecule has 0 amide bonds. The summed E-state index contributed by atoms with van der Waals surface area (Å²) >= 11 is 1.80. The fraction of sp³-hybridized carbons (Fsp3) is 0.667. The van der Waals surface area contributed by atoms with Crippen LogP contribution in [-0.4, -0.2) is 50.3 Å². The Morgan fingerprint density at radius 1 is 1.48 bits per heavy atom. The Labute approximate surface area is 150 Å². The van der Waals surface area contributed by atoms with Gasteiger partial charge in [0.2, 0.25) is 0 Å². The Morgan fingerprint density at radius 2 is 2.19 bits per heavy atom. The Kier molecular flexibility index (Phi) is 10.2. The van der Waals surface area contributed by atoms with E-state index in [1.165, 1.54) is 4.88 Å². The molecular weight excluding hydrogens is 397 g/mol. The van der Waals surface area contributed by atoms with Gasteiger partial charge in [-0.3, -0.25) is 4.99 Å². The zero-order valence-electron chi connectivity index (χ0n) is 13.7. The second-order valence-corrected chi connectivity index (χ2v) is 6.42. The number of aliphatic imine (C=N–C) groups is 1. The highest BCUT2D eigenvalue weighted by molar-refractivity contribution is 14.0. The molecular formula is C15H28IN3OS.